The zero-order chi connectivity index (χ0) is 14.7. The Hall–Kier alpha value is -1.00. The molecule has 1 aliphatic carbocycles. The third-order valence-corrected chi connectivity index (χ3v) is 5.86. The van der Waals surface area contributed by atoms with Crippen LogP contribution in [0.4, 0.5) is 0 Å². The van der Waals surface area contributed by atoms with Crippen molar-refractivity contribution in [2.75, 3.05) is 12.4 Å². The van der Waals surface area contributed by atoms with E-state index in [0.717, 1.165) is 17.7 Å². The molecular formula is C17H23NO2S. The second-order valence-corrected chi connectivity index (χ2v) is 7.24. The maximum atomic E-state index is 12.5. The monoisotopic (exact) mass is 305 g/mol. The van der Waals surface area contributed by atoms with Crippen LogP contribution >= 0.6 is 11.8 Å². The van der Waals surface area contributed by atoms with Gasteiger partial charge < -0.3 is 10.4 Å². The zero-order valence-corrected chi connectivity index (χ0v) is 13.1. The van der Waals surface area contributed by atoms with Gasteiger partial charge in [-0.05, 0) is 24.0 Å². The number of fused-ring (bicyclic) bond motifs is 1. The van der Waals surface area contributed by atoms with Crippen molar-refractivity contribution in [2.24, 2.45) is 5.92 Å². The summed E-state index contributed by atoms with van der Waals surface area (Å²) in [6, 6.07) is 8.05. The second-order valence-electron chi connectivity index (χ2n) is 6.18. The summed E-state index contributed by atoms with van der Waals surface area (Å²) in [7, 11) is 0. The van der Waals surface area contributed by atoms with E-state index in [-0.39, 0.29) is 24.5 Å². The summed E-state index contributed by atoms with van der Waals surface area (Å²) in [4.78, 5) is 13.7. The molecule has 3 rings (SSSR count). The van der Waals surface area contributed by atoms with Crippen molar-refractivity contribution in [2.45, 2.75) is 49.0 Å². The highest BCUT2D eigenvalue weighted by atomic mass is 32.2. The van der Waals surface area contributed by atoms with Gasteiger partial charge in [0.05, 0.1) is 18.6 Å². The smallest absolute Gasteiger partial charge is 0.228 e. The highest BCUT2D eigenvalue weighted by molar-refractivity contribution is 7.99. The highest BCUT2D eigenvalue weighted by Gasteiger charge is 2.30. The molecule has 2 N–H and O–H groups in total. The van der Waals surface area contributed by atoms with Crippen LogP contribution in [-0.4, -0.2) is 29.4 Å². The molecule has 0 aromatic heterocycles. The van der Waals surface area contributed by atoms with Crippen LogP contribution < -0.4 is 5.32 Å². The molecule has 2 aliphatic rings. The molecule has 1 amide bonds. The van der Waals surface area contributed by atoms with E-state index in [1.54, 1.807) is 11.8 Å². The van der Waals surface area contributed by atoms with E-state index in [1.165, 1.54) is 30.6 Å². The number of hydrogen-bond acceptors (Lipinski definition) is 3. The minimum Gasteiger partial charge on any atom is -0.394 e. The fraction of sp³-hybridized carbons (Fsp3) is 0.588. The van der Waals surface area contributed by atoms with E-state index in [4.69, 9.17) is 0 Å². The first-order valence-corrected chi connectivity index (χ1v) is 8.89. The topological polar surface area (TPSA) is 49.3 Å². The third kappa shape index (κ3) is 3.43. The summed E-state index contributed by atoms with van der Waals surface area (Å²) in [5, 5.41) is 12.6. The molecule has 1 aliphatic heterocycles. The summed E-state index contributed by atoms with van der Waals surface area (Å²) in [5.41, 5.74) is 1.14. The molecule has 114 valence electrons. The van der Waals surface area contributed by atoms with Gasteiger partial charge in [0, 0.05) is 10.6 Å². The summed E-state index contributed by atoms with van der Waals surface area (Å²) in [6.07, 6.45) is 6.00. The SMILES string of the molecule is O=C(N[C@@H](CO)CC1CCCC1)[C@H]1CSc2ccccc21. The molecule has 0 saturated heterocycles. The Morgan fingerprint density at radius 1 is 1.33 bits per heavy atom. The van der Waals surface area contributed by atoms with E-state index >= 15 is 0 Å². The van der Waals surface area contributed by atoms with Crippen molar-refractivity contribution in [3.63, 3.8) is 0 Å². The van der Waals surface area contributed by atoms with Crippen molar-refractivity contribution in [1.29, 1.82) is 0 Å². The zero-order valence-electron chi connectivity index (χ0n) is 12.3. The molecule has 4 heteroatoms. The Kier molecular flexibility index (Phi) is 4.86. The minimum atomic E-state index is -0.0848. The van der Waals surface area contributed by atoms with Crippen molar-refractivity contribution < 1.29 is 9.90 Å². The van der Waals surface area contributed by atoms with Gasteiger partial charge in [-0.1, -0.05) is 43.9 Å². The number of hydrogen-bond donors (Lipinski definition) is 2. The largest absolute Gasteiger partial charge is 0.394 e. The molecule has 0 bridgehead atoms. The first-order chi connectivity index (χ1) is 10.3. The van der Waals surface area contributed by atoms with Gasteiger partial charge in [-0.2, -0.15) is 0 Å². The van der Waals surface area contributed by atoms with Crippen LogP contribution in [0.5, 0.6) is 0 Å². The molecule has 1 saturated carbocycles. The number of carbonyl (C=O) groups is 1. The Morgan fingerprint density at radius 2 is 2.10 bits per heavy atom. The molecule has 1 heterocycles. The first-order valence-electron chi connectivity index (χ1n) is 7.91. The lowest BCUT2D eigenvalue weighted by Crippen LogP contribution is -2.41. The van der Waals surface area contributed by atoms with Gasteiger partial charge in [-0.15, -0.1) is 11.8 Å². The van der Waals surface area contributed by atoms with Gasteiger partial charge in [0.2, 0.25) is 5.91 Å². The van der Waals surface area contributed by atoms with Gasteiger partial charge in [0.25, 0.3) is 0 Å². The molecule has 1 aromatic rings. The van der Waals surface area contributed by atoms with Crippen LogP contribution in [0.25, 0.3) is 0 Å². The number of amides is 1. The van der Waals surface area contributed by atoms with Crippen molar-refractivity contribution in [3.05, 3.63) is 29.8 Å². The summed E-state index contributed by atoms with van der Waals surface area (Å²) in [6.45, 7) is 0.0454. The lowest BCUT2D eigenvalue weighted by molar-refractivity contribution is -0.123. The number of carbonyl (C=O) groups excluding carboxylic acids is 1. The van der Waals surface area contributed by atoms with Gasteiger partial charge in [-0.3, -0.25) is 4.79 Å². The molecule has 2 atom stereocenters. The van der Waals surface area contributed by atoms with Gasteiger partial charge in [0.1, 0.15) is 0 Å². The van der Waals surface area contributed by atoms with Crippen molar-refractivity contribution in [3.8, 4) is 0 Å². The first kappa shape index (κ1) is 14.9. The van der Waals surface area contributed by atoms with E-state index < -0.39 is 0 Å². The maximum absolute atomic E-state index is 12.5. The number of thioether (sulfide) groups is 1. The minimum absolute atomic E-state index is 0.0454. The molecule has 0 unspecified atom stereocenters. The normalized spacial score (nSPS) is 23.0. The molecule has 1 fully saturated rings. The summed E-state index contributed by atoms with van der Waals surface area (Å²) in [5.74, 6) is 1.49. The molecule has 1 aromatic carbocycles. The summed E-state index contributed by atoms with van der Waals surface area (Å²) >= 11 is 1.75. The number of nitrogens with one attached hydrogen (secondary N) is 1. The van der Waals surface area contributed by atoms with Crippen LogP contribution in [0.2, 0.25) is 0 Å². The molecule has 21 heavy (non-hydrogen) atoms. The number of rotatable bonds is 5. The highest BCUT2D eigenvalue weighted by Crippen LogP contribution is 2.39. The Morgan fingerprint density at radius 3 is 2.86 bits per heavy atom. The van der Waals surface area contributed by atoms with Gasteiger partial charge in [0.15, 0.2) is 0 Å². The lowest BCUT2D eigenvalue weighted by atomic mass is 9.96. The number of aliphatic hydroxyl groups is 1. The maximum Gasteiger partial charge on any atom is 0.228 e. The van der Waals surface area contributed by atoms with E-state index in [2.05, 4.69) is 11.4 Å². The number of benzene rings is 1. The predicted octanol–water partition coefficient (Wildman–Crippen LogP) is 2.93. The third-order valence-electron chi connectivity index (χ3n) is 4.68. The average molecular weight is 305 g/mol. The van der Waals surface area contributed by atoms with Crippen LogP contribution in [0.1, 0.15) is 43.6 Å². The standard InChI is InChI=1S/C17H23NO2S/c19-10-13(9-12-5-1-2-6-12)18-17(20)15-11-21-16-8-4-3-7-14(15)16/h3-4,7-8,12-13,15,19H,1-2,5-6,9-11H2,(H,18,20)/t13-,15+/m1/s1. The van der Waals surface area contributed by atoms with Crippen molar-refractivity contribution in [1.82, 2.24) is 5.32 Å². The Balaban J connectivity index is 1.60. The van der Waals surface area contributed by atoms with E-state index in [1.807, 2.05) is 18.2 Å². The van der Waals surface area contributed by atoms with Crippen LogP contribution in [0, 0.1) is 5.92 Å². The van der Waals surface area contributed by atoms with Gasteiger partial charge >= 0.3 is 0 Å². The van der Waals surface area contributed by atoms with E-state index in [0.29, 0.717) is 5.92 Å². The van der Waals surface area contributed by atoms with Crippen molar-refractivity contribution >= 4 is 17.7 Å². The molecule has 3 nitrogen and oxygen atoms in total. The molecule has 0 radical (unpaired) electrons. The number of aliphatic hydroxyl groups excluding tert-OH is 1. The molecule has 0 spiro atoms. The quantitative estimate of drug-likeness (QED) is 0.879. The van der Waals surface area contributed by atoms with E-state index in [9.17, 15) is 9.90 Å². The fourth-order valence-corrected chi connectivity index (χ4v) is 4.74. The fourth-order valence-electron chi connectivity index (χ4n) is 3.51. The van der Waals surface area contributed by atoms with Crippen LogP contribution in [0.3, 0.4) is 0 Å². The van der Waals surface area contributed by atoms with Gasteiger partial charge in [-0.25, -0.2) is 0 Å². The second kappa shape index (κ2) is 6.84. The predicted molar refractivity (Wildman–Crippen MR) is 85.5 cm³/mol. The lowest BCUT2D eigenvalue weighted by Gasteiger charge is -2.22. The Labute approximate surface area is 130 Å². The van der Waals surface area contributed by atoms with Crippen LogP contribution in [0.15, 0.2) is 29.2 Å². The summed E-state index contributed by atoms with van der Waals surface area (Å²) < 4.78 is 0. The molecular weight excluding hydrogens is 282 g/mol. The average Bonchev–Trinajstić information content (AvgIpc) is 3.15. The Bertz CT molecular complexity index is 499. The van der Waals surface area contributed by atoms with Crippen LogP contribution in [-0.2, 0) is 4.79 Å².